The summed E-state index contributed by atoms with van der Waals surface area (Å²) in [6.07, 6.45) is 0.188. The van der Waals surface area contributed by atoms with Crippen molar-refractivity contribution in [2.75, 3.05) is 0 Å². The molecule has 0 amide bonds. The summed E-state index contributed by atoms with van der Waals surface area (Å²) < 4.78 is 12.7. The number of hydrogen-bond acceptors (Lipinski definition) is 2. The molecule has 0 radical (unpaired) electrons. The van der Waals surface area contributed by atoms with Gasteiger partial charge in [-0.1, -0.05) is 29.8 Å². The fourth-order valence-electron chi connectivity index (χ4n) is 1.44. The third-order valence-electron chi connectivity index (χ3n) is 2.28. The van der Waals surface area contributed by atoms with Crippen LogP contribution in [-0.2, 0) is 6.42 Å². The number of hydrogen-bond donors (Lipinski definition) is 0. The van der Waals surface area contributed by atoms with Gasteiger partial charge >= 0.3 is 0 Å². The molecule has 2 nitrogen and oxygen atoms in total. The lowest BCUT2D eigenvalue weighted by Crippen LogP contribution is -2.05. The van der Waals surface area contributed by atoms with Gasteiger partial charge in [0.2, 0.25) is 0 Å². The molecule has 0 aliphatic carbocycles. The van der Waals surface area contributed by atoms with Crippen LogP contribution in [0.4, 0.5) is 4.39 Å². The van der Waals surface area contributed by atoms with Gasteiger partial charge in [-0.25, -0.2) is 9.37 Å². The summed E-state index contributed by atoms with van der Waals surface area (Å²) in [5.74, 6) is -0.457. The summed E-state index contributed by atoms with van der Waals surface area (Å²) in [5, 5.41) is 0.287. The lowest BCUT2D eigenvalue weighted by atomic mass is 10.1. The molecule has 1 aromatic carbocycles. The van der Waals surface area contributed by atoms with Crippen molar-refractivity contribution in [3.8, 4) is 0 Å². The Bertz CT molecular complexity index is 539. The van der Waals surface area contributed by atoms with E-state index in [-0.39, 0.29) is 23.2 Å². The third kappa shape index (κ3) is 3.11. The van der Waals surface area contributed by atoms with Crippen molar-refractivity contribution in [3.63, 3.8) is 0 Å². The lowest BCUT2D eigenvalue weighted by molar-refractivity contribution is 0.0988. The molecule has 1 aromatic heterocycles. The van der Waals surface area contributed by atoms with Crippen molar-refractivity contribution in [3.05, 3.63) is 64.7 Å². The van der Waals surface area contributed by atoms with Crippen LogP contribution in [0.1, 0.15) is 16.1 Å². The van der Waals surface area contributed by atoms with Gasteiger partial charge in [0.05, 0.1) is 0 Å². The Balaban J connectivity index is 2.14. The second-order valence-corrected chi connectivity index (χ2v) is 3.96. The zero-order chi connectivity index (χ0) is 12.3. The van der Waals surface area contributed by atoms with Crippen molar-refractivity contribution in [2.45, 2.75) is 6.42 Å². The van der Waals surface area contributed by atoms with Gasteiger partial charge in [0, 0.05) is 6.42 Å². The molecular weight excluding hydrogens is 241 g/mol. The Morgan fingerprint density at radius 1 is 1.18 bits per heavy atom. The Kier molecular flexibility index (Phi) is 3.49. The molecule has 0 saturated carbocycles. The number of ketones is 1. The molecule has 0 unspecified atom stereocenters. The fourth-order valence-corrected chi connectivity index (χ4v) is 1.61. The molecule has 0 atom stereocenters. The first-order valence-electron chi connectivity index (χ1n) is 5.05. The molecule has 4 heteroatoms. The van der Waals surface area contributed by atoms with Crippen LogP contribution < -0.4 is 0 Å². The van der Waals surface area contributed by atoms with Crippen molar-refractivity contribution in [1.82, 2.24) is 4.98 Å². The zero-order valence-electron chi connectivity index (χ0n) is 8.86. The van der Waals surface area contributed by atoms with E-state index < -0.39 is 0 Å². The SMILES string of the molecule is O=C(Cc1ccc(F)cc1)c1cccc(Cl)n1. The van der Waals surface area contributed by atoms with Crippen LogP contribution in [0.25, 0.3) is 0 Å². The van der Waals surface area contributed by atoms with Crippen LogP contribution in [0.3, 0.4) is 0 Å². The van der Waals surface area contributed by atoms with E-state index in [2.05, 4.69) is 4.98 Å². The molecule has 0 N–H and O–H groups in total. The standard InChI is InChI=1S/C13H9ClFNO/c14-13-3-1-2-11(16-13)12(17)8-9-4-6-10(15)7-5-9/h1-7H,8H2. The molecule has 2 aromatic rings. The summed E-state index contributed by atoms with van der Waals surface area (Å²) in [6.45, 7) is 0. The van der Waals surface area contributed by atoms with Gasteiger partial charge in [0.1, 0.15) is 16.7 Å². The highest BCUT2D eigenvalue weighted by Gasteiger charge is 2.08. The summed E-state index contributed by atoms with van der Waals surface area (Å²) in [5.41, 5.74) is 1.07. The number of carbonyl (C=O) groups excluding carboxylic acids is 1. The number of carbonyl (C=O) groups is 1. The summed E-state index contributed by atoms with van der Waals surface area (Å²) in [4.78, 5) is 15.8. The van der Waals surface area contributed by atoms with Gasteiger partial charge in [0.25, 0.3) is 0 Å². The first kappa shape index (κ1) is 11.7. The third-order valence-corrected chi connectivity index (χ3v) is 2.49. The number of Topliss-reactive ketones (excluding diaryl/α,β-unsaturated/α-hetero) is 1. The quantitative estimate of drug-likeness (QED) is 0.617. The van der Waals surface area contributed by atoms with Gasteiger partial charge in [-0.15, -0.1) is 0 Å². The molecule has 0 bridgehead atoms. The van der Waals surface area contributed by atoms with Gasteiger partial charge in [-0.3, -0.25) is 4.79 Å². The molecular formula is C13H9ClFNO. The van der Waals surface area contributed by atoms with Gasteiger partial charge in [-0.2, -0.15) is 0 Å². The minimum absolute atomic E-state index is 0.140. The van der Waals surface area contributed by atoms with E-state index in [9.17, 15) is 9.18 Å². The lowest BCUT2D eigenvalue weighted by Gasteiger charge is -2.01. The monoisotopic (exact) mass is 249 g/mol. The molecule has 17 heavy (non-hydrogen) atoms. The van der Waals surface area contributed by atoms with E-state index in [0.29, 0.717) is 5.69 Å². The van der Waals surface area contributed by atoms with Crippen LogP contribution in [0.2, 0.25) is 5.15 Å². The van der Waals surface area contributed by atoms with Gasteiger partial charge in [0.15, 0.2) is 5.78 Å². The highest BCUT2D eigenvalue weighted by Crippen LogP contribution is 2.10. The highest BCUT2D eigenvalue weighted by molar-refractivity contribution is 6.29. The van der Waals surface area contributed by atoms with E-state index in [4.69, 9.17) is 11.6 Å². The van der Waals surface area contributed by atoms with E-state index in [1.165, 1.54) is 12.1 Å². The second-order valence-electron chi connectivity index (χ2n) is 3.57. The maximum Gasteiger partial charge on any atom is 0.185 e. The minimum atomic E-state index is -0.318. The number of benzene rings is 1. The molecule has 86 valence electrons. The van der Waals surface area contributed by atoms with Crippen LogP contribution >= 0.6 is 11.6 Å². The Labute approximate surface area is 103 Å². The summed E-state index contributed by atoms with van der Waals surface area (Å²) in [6, 6.07) is 10.7. The smallest absolute Gasteiger partial charge is 0.185 e. The largest absolute Gasteiger partial charge is 0.292 e. The second kappa shape index (κ2) is 5.06. The van der Waals surface area contributed by atoms with E-state index in [1.54, 1.807) is 30.3 Å². The van der Waals surface area contributed by atoms with Crippen LogP contribution in [0.5, 0.6) is 0 Å². The first-order valence-corrected chi connectivity index (χ1v) is 5.43. The number of nitrogens with zero attached hydrogens (tertiary/aromatic N) is 1. The van der Waals surface area contributed by atoms with Crippen LogP contribution in [0, 0.1) is 5.82 Å². The predicted octanol–water partition coefficient (Wildman–Crippen LogP) is 3.30. The Morgan fingerprint density at radius 2 is 1.88 bits per heavy atom. The molecule has 2 rings (SSSR count). The molecule has 0 aliphatic rings. The van der Waals surface area contributed by atoms with Crippen molar-refractivity contribution >= 4 is 17.4 Å². The zero-order valence-corrected chi connectivity index (χ0v) is 9.62. The molecule has 0 fully saturated rings. The average molecular weight is 250 g/mol. The fraction of sp³-hybridized carbons (Fsp3) is 0.0769. The van der Waals surface area contributed by atoms with E-state index in [0.717, 1.165) is 5.56 Å². The van der Waals surface area contributed by atoms with Crippen molar-refractivity contribution in [1.29, 1.82) is 0 Å². The molecule has 0 saturated heterocycles. The number of pyridine rings is 1. The summed E-state index contributed by atoms with van der Waals surface area (Å²) >= 11 is 5.70. The van der Waals surface area contributed by atoms with Crippen LogP contribution in [0.15, 0.2) is 42.5 Å². The van der Waals surface area contributed by atoms with E-state index >= 15 is 0 Å². The number of aromatic nitrogens is 1. The maximum atomic E-state index is 12.7. The average Bonchev–Trinajstić information content (AvgIpc) is 2.32. The van der Waals surface area contributed by atoms with E-state index in [1.807, 2.05) is 0 Å². The van der Waals surface area contributed by atoms with Gasteiger partial charge < -0.3 is 0 Å². The van der Waals surface area contributed by atoms with Crippen molar-refractivity contribution < 1.29 is 9.18 Å². The van der Waals surface area contributed by atoms with Gasteiger partial charge in [-0.05, 0) is 29.8 Å². The van der Waals surface area contributed by atoms with Crippen molar-refractivity contribution in [2.24, 2.45) is 0 Å². The normalized spacial score (nSPS) is 10.2. The topological polar surface area (TPSA) is 30.0 Å². The molecule has 0 spiro atoms. The molecule has 0 aliphatic heterocycles. The Morgan fingerprint density at radius 3 is 2.53 bits per heavy atom. The highest BCUT2D eigenvalue weighted by atomic mass is 35.5. The first-order chi connectivity index (χ1) is 8.15. The summed E-state index contributed by atoms with van der Waals surface area (Å²) in [7, 11) is 0. The molecule has 1 heterocycles. The minimum Gasteiger partial charge on any atom is -0.292 e. The Hall–Kier alpha value is -1.74. The predicted molar refractivity (Wildman–Crippen MR) is 63.7 cm³/mol. The van der Waals surface area contributed by atoms with Crippen LogP contribution in [-0.4, -0.2) is 10.8 Å². The number of halogens is 2. The number of rotatable bonds is 3. The maximum absolute atomic E-state index is 12.7.